The Morgan fingerprint density at radius 2 is 2.18 bits per heavy atom. The molecule has 0 radical (unpaired) electrons. The monoisotopic (exact) mass is 250 g/mol. The Balaban J connectivity index is 2.38. The first-order chi connectivity index (χ1) is 8.22. The van der Waals surface area contributed by atoms with E-state index in [1.807, 2.05) is 11.6 Å². The lowest BCUT2D eigenvalue weighted by Gasteiger charge is -2.13. The molecule has 0 bridgehead atoms. The van der Waals surface area contributed by atoms with E-state index in [0.717, 1.165) is 29.7 Å². The Hall–Kier alpha value is -1.40. The largest absolute Gasteiger partial charge is 0.304 e. The normalized spacial score (nSPS) is 14.9. The second-order valence-corrected chi connectivity index (χ2v) is 5.42. The quantitative estimate of drug-likeness (QED) is 0.588. The Morgan fingerprint density at radius 1 is 1.41 bits per heavy atom. The van der Waals surface area contributed by atoms with Gasteiger partial charge in [0.1, 0.15) is 10.3 Å². The summed E-state index contributed by atoms with van der Waals surface area (Å²) in [6.45, 7) is 0. The van der Waals surface area contributed by atoms with Gasteiger partial charge in [0.15, 0.2) is 0 Å². The summed E-state index contributed by atoms with van der Waals surface area (Å²) >= 11 is 1.67. The number of anilines is 1. The van der Waals surface area contributed by atoms with Gasteiger partial charge in [-0.15, -0.1) is 11.3 Å². The van der Waals surface area contributed by atoms with Gasteiger partial charge in [-0.3, -0.25) is 10.2 Å². The Labute approximate surface area is 102 Å². The second-order valence-electron chi connectivity index (χ2n) is 4.33. The van der Waals surface area contributed by atoms with Gasteiger partial charge >= 0.3 is 0 Å². The van der Waals surface area contributed by atoms with Crippen molar-refractivity contribution < 1.29 is 0 Å². The molecular formula is C11H14N4OS. The van der Waals surface area contributed by atoms with Crippen molar-refractivity contribution in [1.29, 1.82) is 0 Å². The highest BCUT2D eigenvalue weighted by atomic mass is 32.1. The average Bonchev–Trinajstić information content (AvgIpc) is 2.68. The van der Waals surface area contributed by atoms with Gasteiger partial charge in [-0.05, 0) is 25.7 Å². The molecule has 2 heterocycles. The fourth-order valence-corrected chi connectivity index (χ4v) is 3.62. The number of fused-ring (bicyclic) bond motifs is 2. The number of aromatic nitrogens is 2. The summed E-state index contributed by atoms with van der Waals surface area (Å²) in [6, 6.07) is 0. The third kappa shape index (κ3) is 1.48. The number of nitrogens with zero attached hydrogens (tertiary/aromatic N) is 2. The van der Waals surface area contributed by atoms with Crippen LogP contribution < -0.4 is 16.7 Å². The highest BCUT2D eigenvalue weighted by molar-refractivity contribution is 7.18. The zero-order chi connectivity index (χ0) is 12.0. The molecule has 1 aliphatic carbocycles. The summed E-state index contributed by atoms with van der Waals surface area (Å²) in [7, 11) is 1.87. The van der Waals surface area contributed by atoms with E-state index in [4.69, 9.17) is 5.84 Å². The smallest absolute Gasteiger partial charge is 0.218 e. The molecule has 0 aromatic carbocycles. The fraction of sp³-hybridized carbons (Fsp3) is 0.455. The number of imidazole rings is 1. The van der Waals surface area contributed by atoms with E-state index in [1.54, 1.807) is 11.3 Å². The average molecular weight is 250 g/mol. The topological polar surface area (TPSA) is 72.9 Å². The molecule has 17 heavy (non-hydrogen) atoms. The number of nitrogens with two attached hydrogens (primary N) is 1. The lowest BCUT2D eigenvalue weighted by molar-refractivity contribution is 0.692. The maximum Gasteiger partial charge on any atom is 0.218 e. The van der Waals surface area contributed by atoms with Gasteiger partial charge in [-0.1, -0.05) is 0 Å². The highest BCUT2D eigenvalue weighted by Crippen LogP contribution is 2.28. The van der Waals surface area contributed by atoms with Crippen LogP contribution in [0.2, 0.25) is 0 Å². The van der Waals surface area contributed by atoms with Gasteiger partial charge in [0, 0.05) is 17.5 Å². The molecule has 0 atom stereocenters. The van der Waals surface area contributed by atoms with E-state index in [1.165, 1.54) is 11.3 Å². The fourth-order valence-electron chi connectivity index (χ4n) is 2.37. The molecule has 90 valence electrons. The van der Waals surface area contributed by atoms with Crippen LogP contribution in [0.1, 0.15) is 23.3 Å². The standard InChI is InChI=1S/C11H14N4OS/c1-15-10-8(13-11(15)14-12)9(16)6-4-2-3-5-7(6)17-10/h2-5,12H2,1H3,(H,13,14). The maximum atomic E-state index is 12.3. The highest BCUT2D eigenvalue weighted by Gasteiger charge is 2.19. The molecule has 1 aliphatic rings. The van der Waals surface area contributed by atoms with E-state index in [2.05, 4.69) is 10.4 Å². The minimum absolute atomic E-state index is 0.0885. The Bertz CT molecular complexity index is 643. The van der Waals surface area contributed by atoms with Gasteiger partial charge < -0.3 is 4.57 Å². The number of hydrogen-bond acceptors (Lipinski definition) is 5. The summed E-state index contributed by atoms with van der Waals surface area (Å²) in [5.41, 5.74) is 4.13. The number of nitrogens with one attached hydrogen (secondary N) is 1. The number of nitrogen functional groups attached to an aromatic ring is 1. The first-order valence-electron chi connectivity index (χ1n) is 5.70. The van der Waals surface area contributed by atoms with Crippen LogP contribution in [-0.2, 0) is 19.9 Å². The van der Waals surface area contributed by atoms with Crippen LogP contribution in [0.5, 0.6) is 0 Å². The Morgan fingerprint density at radius 3 is 2.94 bits per heavy atom. The molecule has 3 N–H and O–H groups in total. The van der Waals surface area contributed by atoms with Crippen molar-refractivity contribution in [3.63, 3.8) is 0 Å². The van der Waals surface area contributed by atoms with Gasteiger partial charge in [0.25, 0.3) is 0 Å². The van der Waals surface area contributed by atoms with Crippen molar-refractivity contribution in [1.82, 2.24) is 9.55 Å². The summed E-state index contributed by atoms with van der Waals surface area (Å²) < 4.78 is 1.84. The molecule has 0 aliphatic heterocycles. The number of hydrazine groups is 1. The Kier molecular flexibility index (Phi) is 2.41. The van der Waals surface area contributed by atoms with Crippen LogP contribution in [0.3, 0.4) is 0 Å². The molecule has 3 rings (SSSR count). The van der Waals surface area contributed by atoms with Gasteiger partial charge in [0.2, 0.25) is 11.4 Å². The first-order valence-corrected chi connectivity index (χ1v) is 6.52. The molecule has 0 amide bonds. The third-order valence-corrected chi connectivity index (χ3v) is 4.66. The molecule has 0 spiro atoms. The zero-order valence-corrected chi connectivity index (χ0v) is 10.4. The van der Waals surface area contributed by atoms with Crippen molar-refractivity contribution in [3.05, 3.63) is 20.7 Å². The van der Waals surface area contributed by atoms with Crippen molar-refractivity contribution >= 4 is 27.6 Å². The molecule has 0 saturated heterocycles. The predicted molar refractivity (Wildman–Crippen MR) is 69.3 cm³/mol. The van der Waals surface area contributed by atoms with E-state index in [0.29, 0.717) is 11.5 Å². The molecule has 0 fully saturated rings. The van der Waals surface area contributed by atoms with Gasteiger partial charge in [-0.2, -0.15) is 0 Å². The second kappa shape index (κ2) is 3.82. The summed E-state index contributed by atoms with van der Waals surface area (Å²) in [6.07, 6.45) is 4.19. The zero-order valence-electron chi connectivity index (χ0n) is 9.62. The lowest BCUT2D eigenvalue weighted by Crippen LogP contribution is -2.15. The van der Waals surface area contributed by atoms with Gasteiger partial charge in [-0.25, -0.2) is 10.8 Å². The summed E-state index contributed by atoms with van der Waals surface area (Å²) in [4.78, 5) is 18.7. The molecule has 0 saturated carbocycles. The summed E-state index contributed by atoms with van der Waals surface area (Å²) in [5, 5.41) is 0. The molecule has 2 aromatic heterocycles. The third-order valence-electron chi connectivity index (χ3n) is 3.30. The van der Waals surface area contributed by atoms with E-state index in [-0.39, 0.29) is 5.43 Å². The maximum absolute atomic E-state index is 12.3. The number of rotatable bonds is 1. The van der Waals surface area contributed by atoms with Crippen LogP contribution in [0.4, 0.5) is 5.95 Å². The SMILES string of the molecule is Cn1c(NN)nc2c(=O)c3c(sc21)CCCC3. The van der Waals surface area contributed by atoms with Crippen LogP contribution >= 0.6 is 11.3 Å². The van der Waals surface area contributed by atoms with Crippen LogP contribution in [0.15, 0.2) is 4.79 Å². The van der Waals surface area contributed by atoms with Crippen molar-refractivity contribution in [3.8, 4) is 0 Å². The summed E-state index contributed by atoms with van der Waals surface area (Å²) in [5.74, 6) is 5.92. The first kappa shape index (κ1) is 10.7. The lowest BCUT2D eigenvalue weighted by atomic mass is 9.98. The van der Waals surface area contributed by atoms with E-state index in [9.17, 15) is 4.79 Å². The minimum Gasteiger partial charge on any atom is -0.304 e. The minimum atomic E-state index is 0.0885. The van der Waals surface area contributed by atoms with E-state index < -0.39 is 0 Å². The molecule has 6 heteroatoms. The predicted octanol–water partition coefficient (Wildman–Crippen LogP) is 1.16. The number of aryl methyl sites for hydroxylation is 2. The van der Waals surface area contributed by atoms with Gasteiger partial charge in [0.05, 0.1) is 0 Å². The molecule has 0 unspecified atom stereocenters. The van der Waals surface area contributed by atoms with Crippen LogP contribution in [0.25, 0.3) is 10.3 Å². The molecule has 5 nitrogen and oxygen atoms in total. The van der Waals surface area contributed by atoms with E-state index >= 15 is 0 Å². The molecular weight excluding hydrogens is 236 g/mol. The molecule has 2 aromatic rings. The van der Waals surface area contributed by atoms with Crippen LogP contribution in [0, 0.1) is 0 Å². The number of hydrogen-bond donors (Lipinski definition) is 2. The van der Waals surface area contributed by atoms with Crippen molar-refractivity contribution in [2.45, 2.75) is 25.7 Å². The van der Waals surface area contributed by atoms with Crippen molar-refractivity contribution in [2.24, 2.45) is 12.9 Å². The van der Waals surface area contributed by atoms with Crippen LogP contribution in [-0.4, -0.2) is 9.55 Å². The van der Waals surface area contributed by atoms with Crippen molar-refractivity contribution in [2.75, 3.05) is 5.43 Å².